The zero-order valence-electron chi connectivity index (χ0n) is 15.5. The zero-order valence-corrected chi connectivity index (χ0v) is 16.4. The highest BCUT2D eigenvalue weighted by molar-refractivity contribution is 7.93. The molecule has 0 aliphatic carbocycles. The number of hydrogen-bond acceptors (Lipinski definition) is 9. The van der Waals surface area contributed by atoms with Crippen LogP contribution in [-0.4, -0.2) is 49.3 Å². The number of para-hydroxylation sites is 2. The van der Waals surface area contributed by atoms with Gasteiger partial charge in [0, 0.05) is 12.4 Å². The summed E-state index contributed by atoms with van der Waals surface area (Å²) in [7, 11) is -4.56. The number of fused-ring (bicyclic) bond motifs is 2. The Morgan fingerprint density at radius 2 is 1.77 bits per heavy atom. The Labute approximate surface area is 174 Å². The van der Waals surface area contributed by atoms with Crippen molar-refractivity contribution in [2.24, 2.45) is 0 Å². The fourth-order valence-electron chi connectivity index (χ4n) is 2.84. The molecule has 0 atom stereocenters. The number of amides is 1. The minimum absolute atomic E-state index is 0.0312. The second-order valence-corrected chi connectivity index (χ2v) is 7.85. The third-order valence-corrected chi connectivity index (χ3v) is 5.69. The van der Waals surface area contributed by atoms with E-state index in [1.54, 1.807) is 48.5 Å². The van der Waals surface area contributed by atoms with Gasteiger partial charge in [0.15, 0.2) is 0 Å². The fraction of sp³-hybridized carbons (Fsp3) is 0. The van der Waals surface area contributed by atoms with E-state index in [2.05, 4.69) is 25.4 Å². The molecule has 13 heteroatoms. The smallest absolute Gasteiger partial charge is 0.296 e. The average molecular weight is 436 g/mol. The lowest BCUT2D eigenvalue weighted by molar-refractivity contribution is 0.129. The molecule has 2 aromatic carbocycles. The number of aromatic nitrogens is 7. The SMILES string of the molecule is O=C(On1nnc2ccccc21)N(c1ccccc1)S(=O)(=O)c1nc2ncccn2n1. The fourth-order valence-corrected chi connectivity index (χ4v) is 4.02. The summed E-state index contributed by atoms with van der Waals surface area (Å²) in [5.74, 6) is 0.0599. The molecule has 0 spiro atoms. The highest BCUT2D eigenvalue weighted by atomic mass is 32.2. The van der Waals surface area contributed by atoms with Crippen molar-refractivity contribution in [1.29, 1.82) is 0 Å². The van der Waals surface area contributed by atoms with Gasteiger partial charge in [-0.25, -0.2) is 14.3 Å². The van der Waals surface area contributed by atoms with Crippen LogP contribution in [0.3, 0.4) is 0 Å². The van der Waals surface area contributed by atoms with Crippen molar-refractivity contribution in [1.82, 2.24) is 34.7 Å². The van der Waals surface area contributed by atoms with Crippen LogP contribution < -0.4 is 9.14 Å². The van der Waals surface area contributed by atoms with Crippen molar-refractivity contribution in [3.8, 4) is 0 Å². The van der Waals surface area contributed by atoms with E-state index in [-0.39, 0.29) is 11.5 Å². The molecule has 0 saturated heterocycles. The van der Waals surface area contributed by atoms with E-state index >= 15 is 0 Å². The Morgan fingerprint density at radius 1 is 1.00 bits per heavy atom. The van der Waals surface area contributed by atoms with E-state index in [1.165, 1.54) is 29.0 Å². The molecule has 31 heavy (non-hydrogen) atoms. The van der Waals surface area contributed by atoms with Gasteiger partial charge in [0.05, 0.1) is 5.69 Å². The Balaban J connectivity index is 1.59. The molecule has 0 N–H and O–H groups in total. The number of carbonyl (C=O) groups is 1. The molecule has 5 aromatic rings. The number of nitrogens with zero attached hydrogens (tertiary/aromatic N) is 8. The van der Waals surface area contributed by atoms with Gasteiger partial charge in [0.25, 0.3) is 10.9 Å². The largest absolute Gasteiger partial charge is 0.454 e. The predicted octanol–water partition coefficient (Wildman–Crippen LogP) is 1.31. The Bertz CT molecular complexity index is 1480. The third kappa shape index (κ3) is 3.22. The molecule has 0 aliphatic rings. The molecule has 3 heterocycles. The lowest BCUT2D eigenvalue weighted by atomic mass is 10.3. The van der Waals surface area contributed by atoms with Gasteiger partial charge >= 0.3 is 16.1 Å². The lowest BCUT2D eigenvalue weighted by Crippen LogP contribution is -2.42. The number of hydrogen-bond donors (Lipinski definition) is 0. The molecule has 0 unspecified atom stereocenters. The Morgan fingerprint density at radius 3 is 2.58 bits per heavy atom. The van der Waals surface area contributed by atoms with Gasteiger partial charge in [-0.3, -0.25) is 4.84 Å². The van der Waals surface area contributed by atoms with E-state index < -0.39 is 21.3 Å². The first-order chi connectivity index (χ1) is 15.0. The highest BCUT2D eigenvalue weighted by Crippen LogP contribution is 2.23. The predicted molar refractivity (Wildman–Crippen MR) is 106 cm³/mol. The van der Waals surface area contributed by atoms with Crippen LogP contribution in [0.4, 0.5) is 10.5 Å². The lowest BCUT2D eigenvalue weighted by Gasteiger charge is -2.19. The summed E-state index contributed by atoms with van der Waals surface area (Å²) in [6, 6.07) is 16.0. The quantitative estimate of drug-likeness (QED) is 0.382. The third-order valence-electron chi connectivity index (χ3n) is 4.21. The summed E-state index contributed by atoms with van der Waals surface area (Å²) in [6.07, 6.45) is 1.69. The van der Waals surface area contributed by atoms with Crippen molar-refractivity contribution < 1.29 is 18.0 Å². The number of anilines is 1. The molecule has 0 bridgehead atoms. The maximum Gasteiger partial charge on any atom is 0.454 e. The van der Waals surface area contributed by atoms with Crippen LogP contribution in [0.5, 0.6) is 0 Å². The van der Waals surface area contributed by atoms with E-state index in [0.717, 1.165) is 4.85 Å². The monoisotopic (exact) mass is 436 g/mol. The summed E-state index contributed by atoms with van der Waals surface area (Å²) >= 11 is 0. The molecule has 0 fully saturated rings. The molecular weight excluding hydrogens is 424 g/mol. The molecular formula is C18H12N8O4S. The van der Waals surface area contributed by atoms with Crippen molar-refractivity contribution in [2.75, 3.05) is 4.31 Å². The number of carbonyl (C=O) groups excluding carboxylic acids is 1. The first-order valence-electron chi connectivity index (χ1n) is 8.84. The highest BCUT2D eigenvalue weighted by Gasteiger charge is 2.37. The van der Waals surface area contributed by atoms with Gasteiger partial charge < -0.3 is 0 Å². The van der Waals surface area contributed by atoms with Crippen LogP contribution in [0.1, 0.15) is 0 Å². The molecule has 0 radical (unpaired) electrons. The average Bonchev–Trinajstić information content (AvgIpc) is 3.39. The molecule has 0 saturated carbocycles. The van der Waals surface area contributed by atoms with E-state index in [0.29, 0.717) is 15.3 Å². The number of sulfonamides is 1. The van der Waals surface area contributed by atoms with Crippen molar-refractivity contribution >= 4 is 38.6 Å². The second kappa shape index (κ2) is 7.14. The molecule has 154 valence electrons. The van der Waals surface area contributed by atoms with Gasteiger partial charge in [0.1, 0.15) is 11.0 Å². The summed E-state index contributed by atoms with van der Waals surface area (Å²) in [4.78, 5) is 27.0. The van der Waals surface area contributed by atoms with Gasteiger partial charge in [-0.15, -0.1) is 10.2 Å². The Kier molecular flexibility index (Phi) is 4.29. The van der Waals surface area contributed by atoms with Gasteiger partial charge in [0.2, 0.25) is 0 Å². The van der Waals surface area contributed by atoms with E-state index in [4.69, 9.17) is 4.84 Å². The standard InChI is InChI=1S/C18H12N8O4S/c27-18(30-26-15-10-5-4-9-14(15)21-23-26)25(13-7-2-1-3-8-13)31(28,29)17-20-16-19-11-6-12-24(16)22-17/h1-12H. The molecule has 1 amide bonds. The van der Waals surface area contributed by atoms with Crippen molar-refractivity contribution in [2.45, 2.75) is 5.16 Å². The van der Waals surface area contributed by atoms with Gasteiger partial charge in [-0.1, -0.05) is 35.2 Å². The second-order valence-electron chi connectivity index (χ2n) is 6.17. The van der Waals surface area contributed by atoms with E-state index in [1.807, 2.05) is 0 Å². The summed E-state index contributed by atoms with van der Waals surface area (Å²) in [5, 5.41) is 11.0. The molecule has 12 nitrogen and oxygen atoms in total. The topological polar surface area (TPSA) is 137 Å². The maximum absolute atomic E-state index is 13.3. The van der Waals surface area contributed by atoms with Gasteiger partial charge in [-0.2, -0.15) is 17.7 Å². The number of benzene rings is 2. The molecule has 0 aliphatic heterocycles. The first-order valence-corrected chi connectivity index (χ1v) is 10.3. The first kappa shape index (κ1) is 18.6. The van der Waals surface area contributed by atoms with Crippen LogP contribution >= 0.6 is 0 Å². The van der Waals surface area contributed by atoms with Crippen molar-refractivity contribution in [3.63, 3.8) is 0 Å². The van der Waals surface area contributed by atoms with Crippen LogP contribution in [0.2, 0.25) is 0 Å². The molecule has 5 rings (SSSR count). The van der Waals surface area contributed by atoms with Crippen LogP contribution in [0.25, 0.3) is 16.8 Å². The normalized spacial score (nSPS) is 11.6. The number of rotatable bonds is 4. The Hall–Kier alpha value is -4.39. The van der Waals surface area contributed by atoms with Gasteiger partial charge in [-0.05, 0) is 35.5 Å². The van der Waals surface area contributed by atoms with Crippen LogP contribution in [0.15, 0.2) is 78.2 Å². The summed E-state index contributed by atoms with van der Waals surface area (Å²) < 4.78 is 28.3. The summed E-state index contributed by atoms with van der Waals surface area (Å²) in [6.45, 7) is 0. The minimum Gasteiger partial charge on any atom is -0.296 e. The zero-order chi connectivity index (χ0) is 21.4. The van der Waals surface area contributed by atoms with Crippen molar-refractivity contribution in [3.05, 3.63) is 73.1 Å². The maximum atomic E-state index is 13.3. The van der Waals surface area contributed by atoms with Crippen LogP contribution in [0, 0.1) is 0 Å². The minimum atomic E-state index is -4.56. The van der Waals surface area contributed by atoms with E-state index in [9.17, 15) is 13.2 Å². The summed E-state index contributed by atoms with van der Waals surface area (Å²) in [5.41, 5.74) is 0.887. The van der Waals surface area contributed by atoms with Crippen LogP contribution in [-0.2, 0) is 10.0 Å². The molecule has 3 aromatic heterocycles.